The van der Waals surface area contributed by atoms with Gasteiger partial charge in [-0.1, -0.05) is 11.8 Å². The highest BCUT2D eigenvalue weighted by Gasteiger charge is 2.28. The topological polar surface area (TPSA) is 102 Å². The van der Waals surface area contributed by atoms with E-state index in [1.807, 2.05) is 37.5 Å². The molecule has 4 rings (SSSR count). The Balaban J connectivity index is 1.52. The second-order valence-corrected chi connectivity index (χ2v) is 8.12. The van der Waals surface area contributed by atoms with Gasteiger partial charge in [-0.2, -0.15) is 5.26 Å². The van der Waals surface area contributed by atoms with Crippen LogP contribution in [0.2, 0.25) is 0 Å². The van der Waals surface area contributed by atoms with E-state index in [4.69, 9.17) is 4.42 Å². The fraction of sp³-hybridized carbons (Fsp3) is 0.400. The van der Waals surface area contributed by atoms with E-state index < -0.39 is 0 Å². The number of furan rings is 1. The van der Waals surface area contributed by atoms with Crippen molar-refractivity contribution in [2.75, 3.05) is 11.1 Å². The Morgan fingerprint density at radius 1 is 1.38 bits per heavy atom. The van der Waals surface area contributed by atoms with Crippen molar-refractivity contribution in [3.05, 3.63) is 46.8 Å². The lowest BCUT2D eigenvalue weighted by Crippen LogP contribution is -2.19. The molecule has 8 nitrogen and oxygen atoms in total. The number of nitrogens with one attached hydrogen (secondary N) is 1. The van der Waals surface area contributed by atoms with E-state index in [1.165, 1.54) is 11.8 Å². The smallest absolute Gasteiger partial charge is 0.235 e. The summed E-state index contributed by atoms with van der Waals surface area (Å²) in [5.41, 5.74) is 2.25. The number of thioether (sulfide) groups is 1. The molecule has 0 spiro atoms. The summed E-state index contributed by atoms with van der Waals surface area (Å²) in [6.07, 6.45) is 3.87. The van der Waals surface area contributed by atoms with Crippen LogP contribution in [0.5, 0.6) is 0 Å². The average molecular weight is 411 g/mol. The van der Waals surface area contributed by atoms with E-state index in [9.17, 15) is 10.1 Å². The zero-order valence-corrected chi connectivity index (χ0v) is 17.4. The number of nitrogens with zero attached hydrogens (tertiary/aromatic N) is 5. The molecule has 29 heavy (non-hydrogen) atoms. The molecule has 0 aliphatic heterocycles. The number of hydrogen-bond donors (Lipinski definition) is 1. The van der Waals surface area contributed by atoms with Gasteiger partial charge in [-0.05, 0) is 51.3 Å². The van der Waals surface area contributed by atoms with Crippen LogP contribution >= 0.6 is 11.8 Å². The van der Waals surface area contributed by atoms with Crippen LogP contribution < -0.4 is 5.32 Å². The SMILES string of the molecule is Cc1c(C#N)c(NC(=O)CSc2nnc(C)n2C2CC2)n(Cc2ccco2)c1C. The van der Waals surface area contributed by atoms with Crippen molar-refractivity contribution in [1.82, 2.24) is 19.3 Å². The van der Waals surface area contributed by atoms with Gasteiger partial charge < -0.3 is 18.9 Å². The molecule has 3 aromatic rings. The van der Waals surface area contributed by atoms with E-state index in [0.29, 0.717) is 24.0 Å². The molecular weight excluding hydrogens is 388 g/mol. The number of anilines is 1. The van der Waals surface area contributed by atoms with E-state index in [1.54, 1.807) is 6.26 Å². The molecule has 0 bridgehead atoms. The minimum Gasteiger partial charge on any atom is -0.467 e. The third-order valence-electron chi connectivity index (χ3n) is 5.17. The van der Waals surface area contributed by atoms with E-state index in [0.717, 1.165) is 40.8 Å². The standard InChI is InChI=1S/C20H22N6O2S/c1-12-13(2)25(10-16-5-4-8-28-16)19(17(12)9-21)22-18(27)11-29-20-24-23-14(3)26(20)15-6-7-15/h4-5,8,15H,6-7,10-11H2,1-3H3,(H,22,27). The summed E-state index contributed by atoms with van der Waals surface area (Å²) >= 11 is 1.37. The fourth-order valence-corrected chi connectivity index (χ4v) is 4.24. The second kappa shape index (κ2) is 7.79. The summed E-state index contributed by atoms with van der Waals surface area (Å²) in [7, 11) is 0. The molecule has 0 saturated heterocycles. The minimum absolute atomic E-state index is 0.187. The predicted molar refractivity (Wildman–Crippen MR) is 109 cm³/mol. The van der Waals surface area contributed by atoms with Crippen molar-refractivity contribution in [2.24, 2.45) is 0 Å². The van der Waals surface area contributed by atoms with Crippen LogP contribution in [0.15, 0.2) is 28.0 Å². The number of aromatic nitrogens is 4. The summed E-state index contributed by atoms with van der Waals surface area (Å²) in [5, 5.41) is 21.7. The molecule has 0 aromatic carbocycles. The number of nitriles is 1. The molecule has 9 heteroatoms. The quantitative estimate of drug-likeness (QED) is 0.597. The molecule has 0 radical (unpaired) electrons. The monoisotopic (exact) mass is 410 g/mol. The fourth-order valence-electron chi connectivity index (χ4n) is 3.39. The normalized spacial score (nSPS) is 13.4. The number of carbonyl (C=O) groups is 1. The highest BCUT2D eigenvalue weighted by atomic mass is 32.2. The first kappa shape index (κ1) is 19.3. The summed E-state index contributed by atoms with van der Waals surface area (Å²) in [6.45, 7) is 6.20. The van der Waals surface area contributed by atoms with Crippen molar-refractivity contribution in [3.8, 4) is 6.07 Å². The lowest BCUT2D eigenvalue weighted by Gasteiger charge is -2.12. The largest absolute Gasteiger partial charge is 0.467 e. The van der Waals surface area contributed by atoms with Gasteiger partial charge in [-0.15, -0.1) is 10.2 Å². The lowest BCUT2D eigenvalue weighted by molar-refractivity contribution is -0.113. The van der Waals surface area contributed by atoms with Crippen molar-refractivity contribution in [3.63, 3.8) is 0 Å². The summed E-state index contributed by atoms with van der Waals surface area (Å²) in [4.78, 5) is 12.7. The summed E-state index contributed by atoms with van der Waals surface area (Å²) < 4.78 is 9.46. The van der Waals surface area contributed by atoms with Gasteiger partial charge in [0.1, 0.15) is 23.5 Å². The third-order valence-corrected chi connectivity index (χ3v) is 6.12. The zero-order chi connectivity index (χ0) is 20.5. The van der Waals surface area contributed by atoms with Crippen molar-refractivity contribution in [2.45, 2.75) is 51.4 Å². The molecule has 1 N–H and O–H groups in total. The molecule has 3 heterocycles. The van der Waals surface area contributed by atoms with E-state index >= 15 is 0 Å². The number of amides is 1. The van der Waals surface area contributed by atoms with Crippen LogP contribution in [0, 0.1) is 32.1 Å². The van der Waals surface area contributed by atoms with Crippen molar-refractivity contribution in [1.29, 1.82) is 5.26 Å². The average Bonchev–Trinajstić information content (AvgIpc) is 3.19. The van der Waals surface area contributed by atoms with Gasteiger partial charge in [0.05, 0.1) is 24.1 Å². The highest BCUT2D eigenvalue weighted by molar-refractivity contribution is 7.99. The first-order valence-corrected chi connectivity index (χ1v) is 10.4. The molecule has 1 aliphatic rings. The molecule has 1 fully saturated rings. The van der Waals surface area contributed by atoms with Gasteiger partial charge in [0.15, 0.2) is 5.16 Å². The molecule has 0 unspecified atom stereocenters. The summed E-state index contributed by atoms with van der Waals surface area (Å²) in [5.74, 6) is 2.14. The first-order chi connectivity index (χ1) is 14.0. The highest BCUT2D eigenvalue weighted by Crippen LogP contribution is 2.38. The Morgan fingerprint density at radius 3 is 2.83 bits per heavy atom. The van der Waals surface area contributed by atoms with Gasteiger partial charge in [0.25, 0.3) is 0 Å². The molecule has 1 amide bonds. The number of aryl methyl sites for hydroxylation is 1. The summed E-state index contributed by atoms with van der Waals surface area (Å²) in [6, 6.07) is 6.36. The lowest BCUT2D eigenvalue weighted by atomic mass is 10.2. The van der Waals surface area contributed by atoms with Crippen LogP contribution in [-0.4, -0.2) is 31.0 Å². The van der Waals surface area contributed by atoms with Gasteiger partial charge in [0.2, 0.25) is 5.91 Å². The zero-order valence-electron chi connectivity index (χ0n) is 16.6. The maximum Gasteiger partial charge on any atom is 0.235 e. The Hall–Kier alpha value is -2.99. The minimum atomic E-state index is -0.187. The molecular formula is C20H22N6O2S. The Morgan fingerprint density at radius 2 is 2.17 bits per heavy atom. The predicted octanol–water partition coefficient (Wildman–Crippen LogP) is 3.58. The van der Waals surface area contributed by atoms with E-state index in [2.05, 4.69) is 26.2 Å². The number of carbonyl (C=O) groups excluding carboxylic acids is 1. The van der Waals surface area contributed by atoms with Crippen molar-refractivity contribution < 1.29 is 9.21 Å². The van der Waals surface area contributed by atoms with Crippen LogP contribution in [-0.2, 0) is 11.3 Å². The molecule has 150 valence electrons. The molecule has 0 atom stereocenters. The Kier molecular flexibility index (Phi) is 5.20. The maximum absolute atomic E-state index is 12.7. The van der Waals surface area contributed by atoms with Gasteiger partial charge in [-0.25, -0.2) is 0 Å². The Bertz CT molecular complexity index is 1090. The number of hydrogen-bond acceptors (Lipinski definition) is 6. The van der Waals surface area contributed by atoms with Gasteiger partial charge in [0, 0.05) is 11.7 Å². The molecule has 3 aromatic heterocycles. The Labute approximate surface area is 172 Å². The first-order valence-electron chi connectivity index (χ1n) is 9.46. The number of rotatable bonds is 7. The van der Waals surface area contributed by atoms with Crippen LogP contribution in [0.1, 0.15) is 47.3 Å². The van der Waals surface area contributed by atoms with E-state index in [-0.39, 0.29) is 11.7 Å². The van der Waals surface area contributed by atoms with Crippen LogP contribution in [0.4, 0.5) is 5.82 Å². The van der Waals surface area contributed by atoms with Crippen molar-refractivity contribution >= 4 is 23.5 Å². The van der Waals surface area contributed by atoms with Crippen LogP contribution in [0.3, 0.4) is 0 Å². The van der Waals surface area contributed by atoms with Gasteiger partial charge >= 0.3 is 0 Å². The second-order valence-electron chi connectivity index (χ2n) is 7.18. The third kappa shape index (κ3) is 3.80. The van der Waals surface area contributed by atoms with Crippen LogP contribution in [0.25, 0.3) is 0 Å². The maximum atomic E-state index is 12.7. The molecule has 1 saturated carbocycles. The van der Waals surface area contributed by atoms with Gasteiger partial charge in [-0.3, -0.25) is 4.79 Å². The molecule has 1 aliphatic carbocycles.